The SMILES string of the molecule is CN(CC(=O)c1cc([N+](=O)[O-])c[nH]1)Cc1csc(Br)c1. The number of nitro groups is 1. The Morgan fingerprint density at radius 1 is 1.55 bits per heavy atom. The number of hydrogen-bond acceptors (Lipinski definition) is 5. The van der Waals surface area contributed by atoms with Gasteiger partial charge in [0.25, 0.3) is 5.69 Å². The molecule has 2 aromatic heterocycles. The standard InChI is InChI=1S/C12H12BrN3O3S/c1-15(5-8-2-12(13)20-7-8)6-11(17)10-3-9(4-14-10)16(18)19/h2-4,7,14H,5-6H2,1H3. The molecule has 0 spiro atoms. The van der Waals surface area contributed by atoms with Crippen LogP contribution in [0.4, 0.5) is 5.69 Å². The number of carbonyl (C=O) groups is 1. The Morgan fingerprint density at radius 3 is 2.85 bits per heavy atom. The maximum Gasteiger partial charge on any atom is 0.287 e. The summed E-state index contributed by atoms with van der Waals surface area (Å²) < 4.78 is 1.05. The molecule has 0 aliphatic carbocycles. The monoisotopic (exact) mass is 357 g/mol. The molecule has 0 radical (unpaired) electrons. The third-order valence-electron chi connectivity index (χ3n) is 2.67. The van der Waals surface area contributed by atoms with E-state index in [-0.39, 0.29) is 23.7 Å². The van der Waals surface area contributed by atoms with Gasteiger partial charge in [0.2, 0.25) is 0 Å². The average molecular weight is 358 g/mol. The van der Waals surface area contributed by atoms with Gasteiger partial charge in [-0.15, -0.1) is 11.3 Å². The molecule has 0 unspecified atom stereocenters. The predicted molar refractivity (Wildman–Crippen MR) is 80.1 cm³/mol. The van der Waals surface area contributed by atoms with Gasteiger partial charge in [0.15, 0.2) is 5.78 Å². The second-order valence-corrected chi connectivity index (χ2v) is 6.67. The van der Waals surface area contributed by atoms with E-state index < -0.39 is 4.92 Å². The lowest BCUT2D eigenvalue weighted by molar-refractivity contribution is -0.384. The number of aromatic amines is 1. The third-order valence-corrected chi connectivity index (χ3v) is 4.22. The van der Waals surface area contributed by atoms with Crippen molar-refractivity contribution in [1.82, 2.24) is 9.88 Å². The van der Waals surface area contributed by atoms with Crippen molar-refractivity contribution in [2.75, 3.05) is 13.6 Å². The highest BCUT2D eigenvalue weighted by Crippen LogP contribution is 2.21. The van der Waals surface area contributed by atoms with Crippen LogP contribution in [0.2, 0.25) is 0 Å². The quantitative estimate of drug-likeness (QED) is 0.489. The summed E-state index contributed by atoms with van der Waals surface area (Å²) in [7, 11) is 1.83. The highest BCUT2D eigenvalue weighted by Gasteiger charge is 2.16. The number of hydrogen-bond donors (Lipinski definition) is 1. The molecule has 8 heteroatoms. The number of thiophene rings is 1. The lowest BCUT2D eigenvalue weighted by Gasteiger charge is -2.14. The van der Waals surface area contributed by atoms with E-state index >= 15 is 0 Å². The van der Waals surface area contributed by atoms with Gasteiger partial charge in [0, 0.05) is 12.6 Å². The number of likely N-dealkylation sites (N-methyl/N-ethyl adjacent to an activating group) is 1. The summed E-state index contributed by atoms with van der Waals surface area (Å²) in [6.07, 6.45) is 1.23. The van der Waals surface area contributed by atoms with Gasteiger partial charge >= 0.3 is 0 Å². The van der Waals surface area contributed by atoms with Crippen molar-refractivity contribution in [1.29, 1.82) is 0 Å². The van der Waals surface area contributed by atoms with Crippen LogP contribution >= 0.6 is 27.3 Å². The molecule has 0 bridgehead atoms. The lowest BCUT2D eigenvalue weighted by Crippen LogP contribution is -2.25. The minimum atomic E-state index is -0.528. The molecule has 0 atom stereocenters. The highest BCUT2D eigenvalue weighted by atomic mass is 79.9. The molecule has 6 nitrogen and oxygen atoms in total. The number of carbonyl (C=O) groups excluding carboxylic acids is 1. The van der Waals surface area contributed by atoms with E-state index in [1.54, 1.807) is 11.3 Å². The first-order valence-electron chi connectivity index (χ1n) is 5.73. The van der Waals surface area contributed by atoms with Crippen molar-refractivity contribution in [2.45, 2.75) is 6.54 Å². The maximum atomic E-state index is 12.0. The molecule has 2 heterocycles. The zero-order chi connectivity index (χ0) is 14.7. The van der Waals surface area contributed by atoms with Gasteiger partial charge in [-0.2, -0.15) is 0 Å². The summed E-state index contributed by atoms with van der Waals surface area (Å²) in [5.41, 5.74) is 1.28. The molecule has 0 aliphatic rings. The van der Waals surface area contributed by atoms with Gasteiger partial charge < -0.3 is 4.98 Å². The number of rotatable bonds is 6. The number of Topliss-reactive ketones (excluding diaryl/α,β-unsaturated/α-hetero) is 1. The summed E-state index contributed by atoms with van der Waals surface area (Å²) in [6, 6.07) is 3.27. The number of halogens is 1. The van der Waals surface area contributed by atoms with Crippen LogP contribution in [0.15, 0.2) is 27.5 Å². The van der Waals surface area contributed by atoms with Crippen LogP contribution in [0.1, 0.15) is 16.1 Å². The zero-order valence-electron chi connectivity index (χ0n) is 10.6. The Hall–Kier alpha value is -1.51. The Balaban J connectivity index is 1.94. The molecule has 0 aromatic carbocycles. The normalized spacial score (nSPS) is 10.9. The van der Waals surface area contributed by atoms with Crippen molar-refractivity contribution in [3.63, 3.8) is 0 Å². The van der Waals surface area contributed by atoms with Gasteiger partial charge in [-0.25, -0.2) is 0 Å². The minimum Gasteiger partial charge on any atom is -0.353 e. The van der Waals surface area contributed by atoms with Crippen molar-refractivity contribution in [3.8, 4) is 0 Å². The third kappa shape index (κ3) is 3.75. The van der Waals surface area contributed by atoms with Crippen LogP contribution in [0.3, 0.4) is 0 Å². The van der Waals surface area contributed by atoms with Crippen LogP contribution in [-0.4, -0.2) is 34.2 Å². The Bertz CT molecular complexity index is 637. The number of nitrogens with zero attached hydrogens (tertiary/aromatic N) is 2. The molecule has 0 saturated heterocycles. The van der Waals surface area contributed by atoms with E-state index in [9.17, 15) is 14.9 Å². The fraction of sp³-hybridized carbons (Fsp3) is 0.250. The number of ketones is 1. The van der Waals surface area contributed by atoms with Gasteiger partial charge in [-0.3, -0.25) is 19.8 Å². The first-order valence-corrected chi connectivity index (χ1v) is 7.40. The second kappa shape index (κ2) is 6.29. The van der Waals surface area contributed by atoms with Crippen molar-refractivity contribution in [2.24, 2.45) is 0 Å². The summed E-state index contributed by atoms with van der Waals surface area (Å²) in [5.74, 6) is -0.171. The molecular weight excluding hydrogens is 346 g/mol. The minimum absolute atomic E-state index is 0.0993. The maximum absolute atomic E-state index is 12.0. The number of H-pyrrole nitrogens is 1. The largest absolute Gasteiger partial charge is 0.353 e. The number of nitrogens with one attached hydrogen (secondary N) is 1. The molecule has 2 rings (SSSR count). The zero-order valence-corrected chi connectivity index (χ0v) is 13.0. The molecule has 106 valence electrons. The van der Waals surface area contributed by atoms with E-state index in [1.807, 2.05) is 23.4 Å². The van der Waals surface area contributed by atoms with E-state index in [2.05, 4.69) is 20.9 Å². The van der Waals surface area contributed by atoms with Crippen LogP contribution in [0, 0.1) is 10.1 Å². The molecule has 2 aromatic rings. The van der Waals surface area contributed by atoms with Crippen LogP contribution in [-0.2, 0) is 6.54 Å². The van der Waals surface area contributed by atoms with Crippen LogP contribution < -0.4 is 0 Å². The molecule has 0 fully saturated rings. The Labute approximate surface area is 127 Å². The first kappa shape index (κ1) is 14.9. The fourth-order valence-corrected chi connectivity index (χ4v) is 2.98. The average Bonchev–Trinajstić information content (AvgIpc) is 2.98. The predicted octanol–water partition coefficient (Wildman–Crippen LogP) is 3.06. The molecule has 0 aliphatic heterocycles. The van der Waals surface area contributed by atoms with E-state index in [0.717, 1.165) is 9.35 Å². The van der Waals surface area contributed by atoms with E-state index in [1.165, 1.54) is 12.3 Å². The van der Waals surface area contributed by atoms with E-state index in [4.69, 9.17) is 0 Å². The van der Waals surface area contributed by atoms with Crippen molar-refractivity contribution >= 4 is 38.7 Å². The highest BCUT2D eigenvalue weighted by molar-refractivity contribution is 9.11. The van der Waals surface area contributed by atoms with Gasteiger partial charge in [0.05, 0.1) is 27.1 Å². The molecule has 20 heavy (non-hydrogen) atoms. The second-order valence-electron chi connectivity index (χ2n) is 4.38. The van der Waals surface area contributed by atoms with Gasteiger partial charge in [-0.1, -0.05) is 0 Å². The summed E-state index contributed by atoms with van der Waals surface area (Å²) in [5, 5.41) is 12.6. The van der Waals surface area contributed by atoms with E-state index in [0.29, 0.717) is 6.54 Å². The first-order chi connectivity index (χ1) is 9.45. The van der Waals surface area contributed by atoms with Crippen molar-refractivity contribution in [3.05, 3.63) is 48.9 Å². The van der Waals surface area contributed by atoms with Gasteiger partial charge in [-0.05, 0) is 40.0 Å². The number of aromatic nitrogens is 1. The summed E-state index contributed by atoms with van der Waals surface area (Å²) in [6.45, 7) is 0.849. The summed E-state index contributed by atoms with van der Waals surface area (Å²) >= 11 is 4.98. The van der Waals surface area contributed by atoms with Crippen LogP contribution in [0.25, 0.3) is 0 Å². The van der Waals surface area contributed by atoms with Crippen LogP contribution in [0.5, 0.6) is 0 Å². The topological polar surface area (TPSA) is 79.2 Å². The molecule has 1 N–H and O–H groups in total. The fourth-order valence-electron chi connectivity index (χ4n) is 1.78. The molecular formula is C12H12BrN3O3S. The Morgan fingerprint density at radius 2 is 2.30 bits per heavy atom. The Kier molecular flexibility index (Phi) is 4.69. The smallest absolute Gasteiger partial charge is 0.287 e. The molecule has 0 amide bonds. The van der Waals surface area contributed by atoms with Gasteiger partial charge in [0.1, 0.15) is 0 Å². The lowest BCUT2D eigenvalue weighted by atomic mass is 10.2. The molecule has 0 saturated carbocycles. The van der Waals surface area contributed by atoms with Crippen molar-refractivity contribution < 1.29 is 9.72 Å². The summed E-state index contributed by atoms with van der Waals surface area (Å²) in [4.78, 5) is 26.5.